The van der Waals surface area contributed by atoms with Crippen LogP contribution in [0, 0.1) is 0 Å². The quantitative estimate of drug-likeness (QED) is 0.733. The molecule has 0 bridgehead atoms. The van der Waals surface area contributed by atoms with E-state index in [1.165, 1.54) is 25.6 Å². The Kier molecular flexibility index (Phi) is 6.30. The summed E-state index contributed by atoms with van der Waals surface area (Å²) in [6, 6.07) is 15.0. The number of hydrogen-bond acceptors (Lipinski definition) is 5. The number of amides is 1. The van der Waals surface area contributed by atoms with Crippen LogP contribution in [-0.2, 0) is 9.53 Å². The maximum absolute atomic E-state index is 12.1. The van der Waals surface area contributed by atoms with Crippen LogP contribution in [0.1, 0.15) is 29.6 Å². The van der Waals surface area contributed by atoms with Crippen LogP contribution in [0.15, 0.2) is 48.5 Å². The van der Waals surface area contributed by atoms with Gasteiger partial charge in [-0.25, -0.2) is 4.79 Å². The SMILES string of the molecule is COC(=O)c1ccc(NCCC(=O)Nc2ccc(N3CCCC3)cc2)cc1. The molecule has 0 unspecified atom stereocenters. The van der Waals surface area contributed by atoms with Gasteiger partial charge in [-0.2, -0.15) is 0 Å². The van der Waals surface area contributed by atoms with E-state index in [0.717, 1.165) is 24.5 Å². The molecule has 3 rings (SSSR count). The lowest BCUT2D eigenvalue weighted by molar-refractivity contribution is -0.115. The summed E-state index contributed by atoms with van der Waals surface area (Å²) in [7, 11) is 1.35. The Hall–Kier alpha value is -3.02. The average Bonchev–Trinajstić information content (AvgIpc) is 3.23. The van der Waals surface area contributed by atoms with Crippen molar-refractivity contribution < 1.29 is 14.3 Å². The number of methoxy groups -OCH3 is 1. The summed E-state index contributed by atoms with van der Waals surface area (Å²) in [6.07, 6.45) is 2.85. The number of esters is 1. The lowest BCUT2D eigenvalue weighted by atomic mass is 10.2. The summed E-state index contributed by atoms with van der Waals surface area (Å²) in [4.78, 5) is 25.9. The molecule has 1 saturated heterocycles. The van der Waals surface area contributed by atoms with Crippen molar-refractivity contribution in [3.8, 4) is 0 Å². The van der Waals surface area contributed by atoms with Gasteiger partial charge in [0.1, 0.15) is 0 Å². The lowest BCUT2D eigenvalue weighted by Gasteiger charge is -2.17. The van der Waals surface area contributed by atoms with Crippen LogP contribution in [-0.4, -0.2) is 38.6 Å². The predicted molar refractivity (Wildman–Crippen MR) is 107 cm³/mol. The molecule has 6 nitrogen and oxygen atoms in total. The summed E-state index contributed by atoms with van der Waals surface area (Å²) < 4.78 is 4.67. The molecule has 0 atom stereocenters. The minimum atomic E-state index is -0.364. The van der Waals surface area contributed by atoms with Gasteiger partial charge in [-0.1, -0.05) is 0 Å². The van der Waals surface area contributed by atoms with Crippen LogP contribution < -0.4 is 15.5 Å². The third-order valence-corrected chi connectivity index (χ3v) is 4.61. The minimum absolute atomic E-state index is 0.0393. The first-order valence-corrected chi connectivity index (χ1v) is 9.23. The maximum atomic E-state index is 12.1. The second kappa shape index (κ2) is 9.07. The smallest absolute Gasteiger partial charge is 0.337 e. The van der Waals surface area contributed by atoms with Gasteiger partial charge in [0.25, 0.3) is 0 Å². The molecule has 27 heavy (non-hydrogen) atoms. The number of carbonyl (C=O) groups excluding carboxylic acids is 2. The minimum Gasteiger partial charge on any atom is -0.465 e. The van der Waals surface area contributed by atoms with Crippen molar-refractivity contribution in [1.29, 1.82) is 0 Å². The summed E-state index contributed by atoms with van der Waals surface area (Å²) in [5.41, 5.74) is 3.37. The summed E-state index contributed by atoms with van der Waals surface area (Å²) in [5.74, 6) is -0.403. The number of ether oxygens (including phenoxy) is 1. The molecule has 6 heteroatoms. The predicted octanol–water partition coefficient (Wildman–Crippen LogP) is 3.51. The summed E-state index contributed by atoms with van der Waals surface area (Å²) in [6.45, 7) is 2.73. The Labute approximate surface area is 159 Å². The van der Waals surface area contributed by atoms with Crippen LogP contribution in [0.25, 0.3) is 0 Å². The number of rotatable bonds is 7. The van der Waals surface area contributed by atoms with Crippen LogP contribution in [0.5, 0.6) is 0 Å². The largest absolute Gasteiger partial charge is 0.465 e. The molecule has 0 aromatic heterocycles. The molecule has 1 aliphatic heterocycles. The molecule has 142 valence electrons. The first-order chi connectivity index (χ1) is 13.2. The first kappa shape index (κ1) is 18.8. The van der Waals surface area contributed by atoms with Crippen molar-refractivity contribution in [3.63, 3.8) is 0 Å². The van der Waals surface area contributed by atoms with E-state index in [1.54, 1.807) is 24.3 Å². The second-order valence-corrected chi connectivity index (χ2v) is 6.53. The van der Waals surface area contributed by atoms with Crippen molar-refractivity contribution in [2.24, 2.45) is 0 Å². The molecule has 1 amide bonds. The van der Waals surface area contributed by atoms with E-state index in [-0.39, 0.29) is 11.9 Å². The van der Waals surface area contributed by atoms with Gasteiger partial charge in [0.05, 0.1) is 12.7 Å². The molecule has 2 aromatic rings. The fourth-order valence-corrected chi connectivity index (χ4v) is 3.12. The van der Waals surface area contributed by atoms with Crippen molar-refractivity contribution in [2.45, 2.75) is 19.3 Å². The van der Waals surface area contributed by atoms with E-state index in [2.05, 4.69) is 32.4 Å². The van der Waals surface area contributed by atoms with Crippen LogP contribution in [0.2, 0.25) is 0 Å². The average molecular weight is 367 g/mol. The molecule has 1 heterocycles. The van der Waals surface area contributed by atoms with Crippen molar-refractivity contribution in [2.75, 3.05) is 42.3 Å². The Morgan fingerprint density at radius 3 is 2.22 bits per heavy atom. The molecule has 2 aromatic carbocycles. The van der Waals surface area contributed by atoms with Gasteiger partial charge in [-0.15, -0.1) is 0 Å². The maximum Gasteiger partial charge on any atom is 0.337 e. The highest BCUT2D eigenvalue weighted by Gasteiger charge is 2.12. The molecule has 0 radical (unpaired) electrons. The Balaban J connectivity index is 1.42. The van der Waals surface area contributed by atoms with Gasteiger partial charge in [-0.3, -0.25) is 4.79 Å². The topological polar surface area (TPSA) is 70.7 Å². The van der Waals surface area contributed by atoms with E-state index >= 15 is 0 Å². The standard InChI is InChI=1S/C21H25N3O3/c1-27-21(26)16-4-6-17(7-5-16)22-13-12-20(25)23-18-8-10-19(11-9-18)24-14-2-3-15-24/h4-11,22H,2-3,12-15H2,1H3,(H,23,25). The second-order valence-electron chi connectivity index (χ2n) is 6.53. The highest BCUT2D eigenvalue weighted by Crippen LogP contribution is 2.22. The summed E-state index contributed by atoms with van der Waals surface area (Å²) >= 11 is 0. The number of anilines is 3. The van der Waals surface area contributed by atoms with E-state index in [4.69, 9.17) is 0 Å². The highest BCUT2D eigenvalue weighted by molar-refractivity contribution is 5.91. The lowest BCUT2D eigenvalue weighted by Crippen LogP contribution is -2.18. The third-order valence-electron chi connectivity index (χ3n) is 4.61. The van der Waals surface area contributed by atoms with E-state index in [9.17, 15) is 9.59 Å². The fourth-order valence-electron chi connectivity index (χ4n) is 3.12. The number of nitrogens with zero attached hydrogens (tertiary/aromatic N) is 1. The van der Waals surface area contributed by atoms with Gasteiger partial charge >= 0.3 is 5.97 Å². The number of benzene rings is 2. The van der Waals surface area contributed by atoms with Crippen molar-refractivity contribution in [3.05, 3.63) is 54.1 Å². The van der Waals surface area contributed by atoms with E-state index in [1.807, 2.05) is 12.1 Å². The van der Waals surface area contributed by atoms with Crippen LogP contribution in [0.3, 0.4) is 0 Å². The molecule has 2 N–H and O–H groups in total. The van der Waals surface area contributed by atoms with Crippen LogP contribution in [0.4, 0.5) is 17.1 Å². The van der Waals surface area contributed by atoms with Gasteiger partial charge in [-0.05, 0) is 61.4 Å². The Bertz CT molecular complexity index is 766. The van der Waals surface area contributed by atoms with Crippen molar-refractivity contribution >= 4 is 28.9 Å². The third kappa shape index (κ3) is 5.23. The number of carbonyl (C=O) groups is 2. The molecular formula is C21H25N3O3. The fraction of sp³-hybridized carbons (Fsp3) is 0.333. The number of hydrogen-bond donors (Lipinski definition) is 2. The van der Waals surface area contributed by atoms with Gasteiger partial charge in [0, 0.05) is 43.1 Å². The molecule has 1 fully saturated rings. The highest BCUT2D eigenvalue weighted by atomic mass is 16.5. The Morgan fingerprint density at radius 1 is 0.963 bits per heavy atom. The molecule has 1 aliphatic rings. The van der Waals surface area contributed by atoms with Gasteiger partial charge in [0.15, 0.2) is 0 Å². The molecule has 0 spiro atoms. The monoisotopic (exact) mass is 367 g/mol. The van der Waals surface area contributed by atoms with Gasteiger partial charge in [0.2, 0.25) is 5.91 Å². The molecule has 0 aliphatic carbocycles. The zero-order chi connectivity index (χ0) is 19.1. The zero-order valence-corrected chi connectivity index (χ0v) is 15.5. The number of nitrogens with one attached hydrogen (secondary N) is 2. The van der Waals surface area contributed by atoms with Gasteiger partial charge < -0.3 is 20.3 Å². The van der Waals surface area contributed by atoms with E-state index < -0.39 is 0 Å². The van der Waals surface area contributed by atoms with Crippen LogP contribution >= 0.6 is 0 Å². The normalized spacial score (nSPS) is 13.3. The Morgan fingerprint density at radius 2 is 1.59 bits per heavy atom. The first-order valence-electron chi connectivity index (χ1n) is 9.23. The zero-order valence-electron chi connectivity index (χ0n) is 15.5. The van der Waals surface area contributed by atoms with Crippen molar-refractivity contribution in [1.82, 2.24) is 0 Å². The van der Waals surface area contributed by atoms with E-state index in [0.29, 0.717) is 18.5 Å². The molecule has 0 saturated carbocycles. The molecular weight excluding hydrogens is 342 g/mol. The summed E-state index contributed by atoms with van der Waals surface area (Å²) in [5, 5.41) is 6.09.